The van der Waals surface area contributed by atoms with Crippen LogP contribution < -0.4 is 5.32 Å². The maximum absolute atomic E-state index is 12.5. The summed E-state index contributed by atoms with van der Waals surface area (Å²) in [5.74, 6) is -1.33. The highest BCUT2D eigenvalue weighted by Gasteiger charge is 2.35. The van der Waals surface area contributed by atoms with Crippen LogP contribution in [0.4, 0.5) is 5.69 Å². The normalized spacial score (nSPS) is 14.8. The molecular weight excluding hydrogens is 364 g/mol. The summed E-state index contributed by atoms with van der Waals surface area (Å²) < 4.78 is 37.7. The van der Waals surface area contributed by atoms with Crippen molar-refractivity contribution < 1.29 is 32.4 Å². The van der Waals surface area contributed by atoms with Crippen molar-refractivity contribution >= 4 is 27.7 Å². The van der Waals surface area contributed by atoms with E-state index in [0.717, 1.165) is 7.11 Å². The van der Waals surface area contributed by atoms with E-state index in [1.165, 1.54) is 11.0 Å². The number of hydrogen-bond acceptors (Lipinski definition) is 7. The molecule has 1 aliphatic heterocycles. The summed E-state index contributed by atoms with van der Waals surface area (Å²) in [5, 5.41) is 11.7. The topological polar surface area (TPSA) is 133 Å². The molecule has 10 heteroatoms. The summed E-state index contributed by atoms with van der Waals surface area (Å²) in [6.45, 7) is 2.89. The number of carbonyl (C=O) groups excluding carboxylic acids is 2. The molecule has 142 valence electrons. The number of aliphatic hydroxyl groups is 1. The summed E-state index contributed by atoms with van der Waals surface area (Å²) in [6, 6.07) is 2.92. The lowest BCUT2D eigenvalue weighted by Gasteiger charge is -2.17. The molecule has 1 heterocycles. The van der Waals surface area contributed by atoms with Gasteiger partial charge in [-0.2, -0.15) is 8.42 Å². The monoisotopic (exact) mass is 384 g/mol. The van der Waals surface area contributed by atoms with Gasteiger partial charge in [0.1, 0.15) is 10.6 Å². The Morgan fingerprint density at radius 3 is 2.54 bits per heavy atom. The van der Waals surface area contributed by atoms with Crippen molar-refractivity contribution in [3.8, 4) is 0 Å². The zero-order chi connectivity index (χ0) is 19.6. The van der Waals surface area contributed by atoms with Gasteiger partial charge in [0.25, 0.3) is 16.0 Å². The van der Waals surface area contributed by atoms with Gasteiger partial charge in [0, 0.05) is 6.54 Å². The molecule has 1 aliphatic rings. The zero-order valence-electron chi connectivity index (χ0n) is 14.6. The van der Waals surface area contributed by atoms with E-state index in [1.807, 2.05) is 0 Å². The van der Waals surface area contributed by atoms with Gasteiger partial charge in [0.05, 0.1) is 31.5 Å². The molecule has 0 saturated heterocycles. The van der Waals surface area contributed by atoms with Crippen molar-refractivity contribution in [1.82, 2.24) is 4.90 Å². The number of nitrogens with zero attached hydrogens (tertiary/aromatic N) is 1. The van der Waals surface area contributed by atoms with Crippen LogP contribution in [0.15, 0.2) is 28.3 Å². The van der Waals surface area contributed by atoms with Gasteiger partial charge >= 0.3 is 5.97 Å². The maximum Gasteiger partial charge on any atom is 0.337 e. The molecular formula is C16H20N2O7S. The SMILES string of the molecule is COC(=O)C1=C(Nc2c(C)cc(C)cc2S(=O)(=O)O)C(=O)N(CCO)C1. The molecule has 0 saturated carbocycles. The summed E-state index contributed by atoms with van der Waals surface area (Å²) in [5.41, 5.74) is 0.910. The zero-order valence-corrected chi connectivity index (χ0v) is 15.4. The smallest absolute Gasteiger partial charge is 0.337 e. The van der Waals surface area contributed by atoms with Crippen molar-refractivity contribution in [2.45, 2.75) is 18.7 Å². The minimum atomic E-state index is -4.57. The Labute approximate surface area is 151 Å². The number of methoxy groups -OCH3 is 1. The van der Waals surface area contributed by atoms with E-state index >= 15 is 0 Å². The van der Waals surface area contributed by atoms with E-state index in [4.69, 9.17) is 5.11 Å². The second-order valence-electron chi connectivity index (χ2n) is 5.85. The molecule has 0 unspecified atom stereocenters. The molecule has 0 aromatic heterocycles. The fourth-order valence-electron chi connectivity index (χ4n) is 2.77. The van der Waals surface area contributed by atoms with Crippen molar-refractivity contribution in [3.05, 3.63) is 34.5 Å². The first-order valence-electron chi connectivity index (χ1n) is 7.67. The van der Waals surface area contributed by atoms with Gasteiger partial charge < -0.3 is 20.1 Å². The third-order valence-corrected chi connectivity index (χ3v) is 4.80. The molecule has 9 nitrogen and oxygen atoms in total. The molecule has 0 spiro atoms. The standard InChI is InChI=1S/C16H20N2O7S/c1-9-6-10(2)13(12(7-9)26(22,23)24)17-14-11(16(21)25-3)8-18(4-5-19)15(14)20/h6-7,17,19H,4-5,8H2,1-3H3,(H,22,23,24). The van der Waals surface area contributed by atoms with E-state index in [2.05, 4.69) is 10.1 Å². The third kappa shape index (κ3) is 3.87. The minimum Gasteiger partial charge on any atom is -0.466 e. The minimum absolute atomic E-state index is 0.00252. The van der Waals surface area contributed by atoms with Crippen LogP contribution in [0.5, 0.6) is 0 Å². The second-order valence-corrected chi connectivity index (χ2v) is 7.24. The predicted molar refractivity (Wildman–Crippen MR) is 92.1 cm³/mol. The number of rotatable bonds is 6. The van der Waals surface area contributed by atoms with Gasteiger partial charge in [-0.15, -0.1) is 0 Å². The van der Waals surface area contributed by atoms with E-state index < -0.39 is 26.9 Å². The highest BCUT2D eigenvalue weighted by molar-refractivity contribution is 7.86. The highest BCUT2D eigenvalue weighted by atomic mass is 32.2. The number of benzene rings is 1. The Bertz CT molecular complexity index is 890. The fraction of sp³-hybridized carbons (Fsp3) is 0.375. The number of hydrogen-bond donors (Lipinski definition) is 3. The lowest BCUT2D eigenvalue weighted by atomic mass is 10.1. The van der Waals surface area contributed by atoms with E-state index in [1.54, 1.807) is 19.9 Å². The second kappa shape index (κ2) is 7.44. The molecule has 0 fully saturated rings. The summed E-state index contributed by atoms with van der Waals surface area (Å²) >= 11 is 0. The molecule has 0 bridgehead atoms. The number of anilines is 1. The van der Waals surface area contributed by atoms with Crippen molar-refractivity contribution in [1.29, 1.82) is 0 Å². The number of carbonyl (C=O) groups is 2. The van der Waals surface area contributed by atoms with Gasteiger partial charge in [0.2, 0.25) is 0 Å². The maximum atomic E-state index is 12.5. The summed E-state index contributed by atoms with van der Waals surface area (Å²) in [4.78, 5) is 25.4. The lowest BCUT2D eigenvalue weighted by molar-refractivity contribution is -0.136. The van der Waals surface area contributed by atoms with Crippen LogP contribution >= 0.6 is 0 Å². The number of nitrogens with one attached hydrogen (secondary N) is 1. The van der Waals surface area contributed by atoms with Gasteiger partial charge in [-0.1, -0.05) is 6.07 Å². The number of amides is 1. The highest BCUT2D eigenvalue weighted by Crippen LogP contribution is 2.31. The molecule has 1 aromatic carbocycles. The number of esters is 1. The third-order valence-electron chi connectivity index (χ3n) is 3.93. The Balaban J connectivity index is 2.58. The first-order chi connectivity index (χ1) is 12.1. The average molecular weight is 384 g/mol. The van der Waals surface area contributed by atoms with E-state index in [9.17, 15) is 22.6 Å². The van der Waals surface area contributed by atoms with Crippen LogP contribution in [-0.4, -0.2) is 61.7 Å². The Hall–Kier alpha value is -2.43. The summed E-state index contributed by atoms with van der Waals surface area (Å²) in [6.07, 6.45) is 0. The van der Waals surface area contributed by atoms with Gasteiger partial charge in [-0.05, 0) is 31.0 Å². The number of aliphatic hydroxyl groups excluding tert-OH is 1. The van der Waals surface area contributed by atoms with Crippen LogP contribution in [0.1, 0.15) is 11.1 Å². The van der Waals surface area contributed by atoms with Crippen LogP contribution in [0, 0.1) is 13.8 Å². The average Bonchev–Trinajstić information content (AvgIpc) is 2.85. The quantitative estimate of drug-likeness (QED) is 0.469. The predicted octanol–water partition coefficient (Wildman–Crippen LogP) is 0.224. The van der Waals surface area contributed by atoms with Crippen LogP contribution in [0.3, 0.4) is 0 Å². The Kier molecular flexibility index (Phi) is 5.69. The van der Waals surface area contributed by atoms with Gasteiger partial charge in [0.15, 0.2) is 0 Å². The molecule has 1 aromatic rings. The van der Waals surface area contributed by atoms with E-state index in [-0.39, 0.29) is 36.7 Å². The van der Waals surface area contributed by atoms with Gasteiger partial charge in [-0.25, -0.2) is 4.79 Å². The number of β-amino-alcohol motifs (C(OH)–C–C–N with tert-alkyl or cyclic N) is 1. The van der Waals surface area contributed by atoms with Crippen LogP contribution in [0.25, 0.3) is 0 Å². The van der Waals surface area contributed by atoms with E-state index in [0.29, 0.717) is 11.1 Å². The van der Waals surface area contributed by atoms with Crippen molar-refractivity contribution in [2.24, 2.45) is 0 Å². The van der Waals surface area contributed by atoms with Crippen LogP contribution in [0.2, 0.25) is 0 Å². The Morgan fingerprint density at radius 2 is 2.00 bits per heavy atom. The first-order valence-corrected chi connectivity index (χ1v) is 9.11. The number of aryl methyl sites for hydroxylation is 2. The molecule has 0 radical (unpaired) electrons. The van der Waals surface area contributed by atoms with Gasteiger partial charge in [-0.3, -0.25) is 9.35 Å². The lowest BCUT2D eigenvalue weighted by Crippen LogP contribution is -2.31. The first kappa shape index (κ1) is 19.9. The summed E-state index contributed by atoms with van der Waals surface area (Å²) in [7, 11) is -3.41. The molecule has 3 N–H and O–H groups in total. The molecule has 0 aliphatic carbocycles. The Morgan fingerprint density at radius 1 is 1.35 bits per heavy atom. The van der Waals surface area contributed by atoms with Crippen molar-refractivity contribution in [3.63, 3.8) is 0 Å². The fourth-order valence-corrected chi connectivity index (χ4v) is 3.57. The van der Waals surface area contributed by atoms with Crippen molar-refractivity contribution in [2.75, 3.05) is 32.1 Å². The molecule has 0 atom stereocenters. The molecule has 1 amide bonds. The molecule has 26 heavy (non-hydrogen) atoms. The van der Waals surface area contributed by atoms with Crippen LogP contribution in [-0.2, 0) is 24.4 Å². The number of ether oxygens (including phenoxy) is 1. The largest absolute Gasteiger partial charge is 0.466 e. The molecule has 2 rings (SSSR count).